The molecule has 1 fully saturated rings. The summed E-state index contributed by atoms with van der Waals surface area (Å²) >= 11 is 3.48. The third-order valence-corrected chi connectivity index (χ3v) is 4.39. The van der Waals surface area contributed by atoms with Crippen LogP contribution in [0.5, 0.6) is 11.5 Å². The van der Waals surface area contributed by atoms with Crippen molar-refractivity contribution in [1.82, 2.24) is 5.32 Å². The molecule has 0 aromatic heterocycles. The minimum absolute atomic E-state index is 0.0789. The van der Waals surface area contributed by atoms with Gasteiger partial charge in [-0.1, -0.05) is 6.42 Å². The first kappa shape index (κ1) is 13.9. The smallest absolute Gasteiger partial charge is 0.181 e. The van der Waals surface area contributed by atoms with Crippen LogP contribution in [0.3, 0.4) is 0 Å². The van der Waals surface area contributed by atoms with Crippen molar-refractivity contribution in [2.75, 3.05) is 19.8 Å². The number of carbonyl (C=O) groups is 1. The van der Waals surface area contributed by atoms with E-state index < -0.39 is 0 Å². The summed E-state index contributed by atoms with van der Waals surface area (Å²) in [4.78, 5) is 12.6. The second kappa shape index (κ2) is 6.14. The number of halogens is 1. The molecular formula is C15H18BrNO3. The van der Waals surface area contributed by atoms with Gasteiger partial charge in [0.2, 0.25) is 0 Å². The number of hydrogen-bond acceptors (Lipinski definition) is 4. The highest BCUT2D eigenvalue weighted by Crippen LogP contribution is 2.36. The van der Waals surface area contributed by atoms with Crippen molar-refractivity contribution in [3.05, 3.63) is 22.2 Å². The Labute approximate surface area is 127 Å². The number of Topliss-reactive ketones (excluding diaryl/α,β-unsaturated/α-hetero) is 1. The van der Waals surface area contributed by atoms with E-state index in [9.17, 15) is 4.79 Å². The topological polar surface area (TPSA) is 47.6 Å². The molecule has 1 aromatic rings. The van der Waals surface area contributed by atoms with Crippen LogP contribution in [0, 0.1) is 0 Å². The van der Waals surface area contributed by atoms with Gasteiger partial charge in [-0.25, -0.2) is 0 Å². The first-order valence-electron chi connectivity index (χ1n) is 7.12. The third kappa shape index (κ3) is 2.83. The highest BCUT2D eigenvalue weighted by Gasteiger charge is 2.25. The molecule has 4 nitrogen and oxygen atoms in total. The van der Waals surface area contributed by atoms with E-state index in [-0.39, 0.29) is 11.8 Å². The fourth-order valence-electron chi connectivity index (χ4n) is 2.64. The van der Waals surface area contributed by atoms with E-state index in [2.05, 4.69) is 21.2 Å². The van der Waals surface area contributed by atoms with E-state index in [4.69, 9.17) is 9.47 Å². The van der Waals surface area contributed by atoms with Gasteiger partial charge in [0, 0.05) is 16.5 Å². The molecule has 1 aromatic carbocycles. The molecule has 5 heteroatoms. The van der Waals surface area contributed by atoms with Gasteiger partial charge in [-0.15, -0.1) is 0 Å². The van der Waals surface area contributed by atoms with Gasteiger partial charge in [-0.3, -0.25) is 4.79 Å². The summed E-state index contributed by atoms with van der Waals surface area (Å²) in [6.45, 7) is 2.19. The van der Waals surface area contributed by atoms with Crippen molar-refractivity contribution >= 4 is 21.7 Å². The number of hydrogen-bond donors (Lipinski definition) is 1. The molecule has 3 rings (SSSR count). The molecule has 0 radical (unpaired) electrons. The predicted molar refractivity (Wildman–Crippen MR) is 79.7 cm³/mol. The summed E-state index contributed by atoms with van der Waals surface area (Å²) in [5.74, 6) is 1.51. The molecule has 0 amide bonds. The van der Waals surface area contributed by atoms with Gasteiger partial charge in [0.1, 0.15) is 0 Å². The highest BCUT2D eigenvalue weighted by molar-refractivity contribution is 9.10. The molecule has 0 aliphatic carbocycles. The van der Waals surface area contributed by atoms with Crippen LogP contribution < -0.4 is 14.8 Å². The van der Waals surface area contributed by atoms with Crippen LogP contribution >= 0.6 is 15.9 Å². The molecule has 1 N–H and O–H groups in total. The minimum atomic E-state index is -0.0789. The summed E-state index contributed by atoms with van der Waals surface area (Å²) < 4.78 is 12.1. The summed E-state index contributed by atoms with van der Waals surface area (Å²) in [5, 5.41) is 3.29. The van der Waals surface area contributed by atoms with Crippen molar-refractivity contribution in [3.63, 3.8) is 0 Å². The molecule has 20 heavy (non-hydrogen) atoms. The Hall–Kier alpha value is -1.07. The van der Waals surface area contributed by atoms with Gasteiger partial charge >= 0.3 is 0 Å². The molecule has 2 aliphatic heterocycles. The van der Waals surface area contributed by atoms with Crippen LogP contribution in [0.4, 0.5) is 0 Å². The highest BCUT2D eigenvalue weighted by atomic mass is 79.9. The Bertz CT molecular complexity index is 512. The molecule has 1 unspecified atom stereocenters. The summed E-state index contributed by atoms with van der Waals surface area (Å²) in [7, 11) is 0. The zero-order valence-electron chi connectivity index (χ0n) is 11.3. The van der Waals surface area contributed by atoms with Crippen LogP contribution in [0.25, 0.3) is 0 Å². The van der Waals surface area contributed by atoms with Crippen LogP contribution in [-0.2, 0) is 0 Å². The maximum absolute atomic E-state index is 12.6. The monoisotopic (exact) mass is 339 g/mol. The number of nitrogens with one attached hydrogen (secondary N) is 1. The largest absolute Gasteiger partial charge is 0.490 e. The van der Waals surface area contributed by atoms with Gasteiger partial charge in [0.25, 0.3) is 0 Å². The van der Waals surface area contributed by atoms with Crippen molar-refractivity contribution < 1.29 is 14.3 Å². The summed E-state index contributed by atoms with van der Waals surface area (Å²) in [5.41, 5.74) is 0.675. The van der Waals surface area contributed by atoms with E-state index in [1.54, 1.807) is 0 Å². The Kier molecular flexibility index (Phi) is 4.27. The van der Waals surface area contributed by atoms with Gasteiger partial charge < -0.3 is 14.8 Å². The normalized spacial score (nSPS) is 22.1. The Morgan fingerprint density at radius 1 is 1.15 bits per heavy atom. The first-order valence-corrected chi connectivity index (χ1v) is 7.92. The molecule has 2 aliphatic rings. The zero-order valence-corrected chi connectivity index (χ0v) is 12.9. The molecule has 2 heterocycles. The number of ether oxygens (including phenoxy) is 2. The quantitative estimate of drug-likeness (QED) is 0.841. The lowest BCUT2D eigenvalue weighted by Gasteiger charge is -2.23. The maximum atomic E-state index is 12.6. The summed E-state index contributed by atoms with van der Waals surface area (Å²) in [6.07, 6.45) is 4.01. The average Bonchev–Trinajstić information content (AvgIpc) is 2.71. The standard InChI is InChI=1S/C15H18BrNO3/c16-11-9-14-13(19-6-3-7-20-14)8-10(11)15(18)12-4-1-2-5-17-12/h8-9,12,17H,1-7H2. The van der Waals surface area contributed by atoms with Crippen molar-refractivity contribution in [2.24, 2.45) is 0 Å². The van der Waals surface area contributed by atoms with Gasteiger partial charge in [0.15, 0.2) is 17.3 Å². The minimum Gasteiger partial charge on any atom is -0.490 e. The van der Waals surface area contributed by atoms with Crippen molar-refractivity contribution in [1.29, 1.82) is 0 Å². The fraction of sp³-hybridized carbons (Fsp3) is 0.533. The van der Waals surface area contributed by atoms with Gasteiger partial charge in [-0.05, 0) is 47.4 Å². The number of rotatable bonds is 2. The SMILES string of the molecule is O=C(c1cc2c(cc1Br)OCCCO2)C1CCCCN1. The van der Waals surface area contributed by atoms with E-state index in [1.165, 1.54) is 0 Å². The molecule has 0 bridgehead atoms. The van der Waals surface area contributed by atoms with Gasteiger partial charge in [0.05, 0.1) is 19.3 Å². The second-order valence-corrected chi connectivity index (χ2v) is 6.05. The van der Waals surface area contributed by atoms with Crippen LogP contribution in [0.1, 0.15) is 36.0 Å². The van der Waals surface area contributed by atoms with E-state index in [1.807, 2.05) is 12.1 Å². The third-order valence-electron chi connectivity index (χ3n) is 3.73. The molecular weight excluding hydrogens is 322 g/mol. The lowest BCUT2D eigenvalue weighted by molar-refractivity contribution is 0.0926. The summed E-state index contributed by atoms with van der Waals surface area (Å²) in [6, 6.07) is 3.57. The zero-order chi connectivity index (χ0) is 13.9. The predicted octanol–water partition coefficient (Wildman–Crippen LogP) is 2.94. The number of ketones is 1. The van der Waals surface area contributed by atoms with Crippen molar-refractivity contribution in [3.8, 4) is 11.5 Å². The van der Waals surface area contributed by atoms with E-state index in [0.29, 0.717) is 30.3 Å². The molecule has 0 saturated carbocycles. The first-order chi connectivity index (χ1) is 9.75. The lowest BCUT2D eigenvalue weighted by atomic mass is 9.96. The Morgan fingerprint density at radius 3 is 2.60 bits per heavy atom. The van der Waals surface area contributed by atoms with Crippen LogP contribution in [0.2, 0.25) is 0 Å². The van der Waals surface area contributed by atoms with Crippen LogP contribution in [-0.4, -0.2) is 31.6 Å². The number of piperidine rings is 1. The maximum Gasteiger partial charge on any atom is 0.181 e. The Morgan fingerprint density at radius 2 is 1.90 bits per heavy atom. The van der Waals surface area contributed by atoms with E-state index in [0.717, 1.165) is 36.7 Å². The lowest BCUT2D eigenvalue weighted by Crippen LogP contribution is -2.40. The number of fused-ring (bicyclic) bond motifs is 1. The van der Waals surface area contributed by atoms with E-state index >= 15 is 0 Å². The fourth-order valence-corrected chi connectivity index (χ4v) is 3.15. The molecule has 1 saturated heterocycles. The number of carbonyl (C=O) groups excluding carboxylic acids is 1. The molecule has 1 atom stereocenters. The average molecular weight is 340 g/mol. The van der Waals surface area contributed by atoms with Crippen molar-refractivity contribution in [2.45, 2.75) is 31.7 Å². The number of benzene rings is 1. The van der Waals surface area contributed by atoms with Crippen LogP contribution in [0.15, 0.2) is 16.6 Å². The molecule has 0 spiro atoms. The second-order valence-electron chi connectivity index (χ2n) is 5.20. The van der Waals surface area contributed by atoms with Gasteiger partial charge in [-0.2, -0.15) is 0 Å². The molecule has 108 valence electrons. The Balaban J connectivity index is 1.88.